The molecule has 1 aliphatic rings. The van der Waals surface area contributed by atoms with Crippen LogP contribution < -0.4 is 9.64 Å². The van der Waals surface area contributed by atoms with E-state index in [1.165, 1.54) is 11.1 Å². The SMILES string of the molecule is CCc1nnc(N2CCC(Oc3ccc(C)c(C)c3)CC2)c(C#N)c1CC. The first-order valence-corrected chi connectivity index (χ1v) is 9.84. The first kappa shape index (κ1) is 19.2. The molecule has 0 unspecified atom stereocenters. The number of nitrogens with zero attached hydrogens (tertiary/aromatic N) is 4. The third kappa shape index (κ3) is 4.05. The van der Waals surface area contributed by atoms with Crippen molar-refractivity contribution < 1.29 is 4.74 Å². The van der Waals surface area contributed by atoms with Crippen molar-refractivity contribution in [2.75, 3.05) is 18.0 Å². The van der Waals surface area contributed by atoms with Crippen LogP contribution in [-0.4, -0.2) is 29.4 Å². The van der Waals surface area contributed by atoms with Gasteiger partial charge < -0.3 is 9.64 Å². The number of nitriles is 1. The minimum Gasteiger partial charge on any atom is -0.490 e. The summed E-state index contributed by atoms with van der Waals surface area (Å²) in [6.07, 6.45) is 3.63. The van der Waals surface area contributed by atoms with Crippen LogP contribution in [0.4, 0.5) is 5.82 Å². The van der Waals surface area contributed by atoms with Gasteiger partial charge in [-0.15, -0.1) is 5.10 Å². The Kier molecular flexibility index (Phi) is 5.95. The van der Waals surface area contributed by atoms with Crippen molar-refractivity contribution in [3.63, 3.8) is 0 Å². The quantitative estimate of drug-likeness (QED) is 0.798. The summed E-state index contributed by atoms with van der Waals surface area (Å²) in [5.74, 6) is 1.67. The molecule has 0 atom stereocenters. The summed E-state index contributed by atoms with van der Waals surface area (Å²) >= 11 is 0. The number of anilines is 1. The first-order valence-electron chi connectivity index (χ1n) is 9.84. The molecule has 1 fully saturated rings. The molecule has 0 bridgehead atoms. The molecule has 2 aromatic rings. The molecule has 1 saturated heterocycles. The fraction of sp³-hybridized carbons (Fsp3) is 0.500. The van der Waals surface area contributed by atoms with E-state index in [0.717, 1.165) is 61.6 Å². The maximum absolute atomic E-state index is 9.71. The van der Waals surface area contributed by atoms with Gasteiger partial charge in [0.2, 0.25) is 0 Å². The minimum atomic E-state index is 0.197. The van der Waals surface area contributed by atoms with Gasteiger partial charge in [0.05, 0.1) is 5.69 Å². The lowest BCUT2D eigenvalue weighted by molar-refractivity contribution is 0.170. The molecule has 1 aliphatic heterocycles. The second-order valence-corrected chi connectivity index (χ2v) is 7.19. The highest BCUT2D eigenvalue weighted by atomic mass is 16.5. The maximum Gasteiger partial charge on any atom is 0.169 e. The average Bonchev–Trinajstić information content (AvgIpc) is 2.70. The molecule has 1 aromatic carbocycles. The van der Waals surface area contributed by atoms with E-state index in [9.17, 15) is 5.26 Å². The first-order chi connectivity index (χ1) is 13.1. The Bertz CT molecular complexity index is 848. The number of piperidine rings is 1. The molecule has 0 radical (unpaired) electrons. The average molecular weight is 364 g/mol. The molecule has 142 valence electrons. The minimum absolute atomic E-state index is 0.197. The molecule has 0 spiro atoms. The van der Waals surface area contributed by atoms with Crippen molar-refractivity contribution in [3.8, 4) is 11.8 Å². The molecule has 0 aliphatic carbocycles. The number of benzene rings is 1. The lowest BCUT2D eigenvalue weighted by atomic mass is 10.0. The summed E-state index contributed by atoms with van der Waals surface area (Å²) < 4.78 is 6.19. The Labute approximate surface area is 162 Å². The molecule has 5 nitrogen and oxygen atoms in total. The summed E-state index contributed by atoms with van der Waals surface area (Å²) in [6, 6.07) is 8.64. The van der Waals surface area contributed by atoms with Crippen LogP contribution in [-0.2, 0) is 12.8 Å². The summed E-state index contributed by atoms with van der Waals surface area (Å²) in [6.45, 7) is 10.0. The van der Waals surface area contributed by atoms with E-state index >= 15 is 0 Å². The monoisotopic (exact) mass is 364 g/mol. The predicted octanol–water partition coefficient (Wildman–Crippen LogP) is 4.14. The van der Waals surface area contributed by atoms with E-state index in [1.807, 2.05) is 6.07 Å². The van der Waals surface area contributed by atoms with Crippen LogP contribution in [0.15, 0.2) is 18.2 Å². The summed E-state index contributed by atoms with van der Waals surface area (Å²) in [5.41, 5.74) is 5.20. The summed E-state index contributed by atoms with van der Waals surface area (Å²) in [4.78, 5) is 2.18. The van der Waals surface area contributed by atoms with Gasteiger partial charge in [-0.1, -0.05) is 19.9 Å². The largest absolute Gasteiger partial charge is 0.490 e. The van der Waals surface area contributed by atoms with Crippen LogP contribution in [0, 0.1) is 25.2 Å². The van der Waals surface area contributed by atoms with Crippen molar-refractivity contribution in [3.05, 3.63) is 46.1 Å². The second-order valence-electron chi connectivity index (χ2n) is 7.19. The van der Waals surface area contributed by atoms with Crippen LogP contribution in [0.1, 0.15) is 54.6 Å². The predicted molar refractivity (Wildman–Crippen MR) is 107 cm³/mol. The van der Waals surface area contributed by atoms with E-state index in [-0.39, 0.29) is 6.10 Å². The highest BCUT2D eigenvalue weighted by Gasteiger charge is 2.25. The Morgan fingerprint density at radius 2 is 1.85 bits per heavy atom. The van der Waals surface area contributed by atoms with E-state index < -0.39 is 0 Å². The van der Waals surface area contributed by atoms with Gasteiger partial charge in [0.25, 0.3) is 0 Å². The van der Waals surface area contributed by atoms with Crippen LogP contribution in [0.2, 0.25) is 0 Å². The van der Waals surface area contributed by atoms with Crippen LogP contribution in [0.5, 0.6) is 5.75 Å². The zero-order valence-corrected chi connectivity index (χ0v) is 16.7. The van der Waals surface area contributed by atoms with E-state index in [4.69, 9.17) is 4.74 Å². The maximum atomic E-state index is 9.71. The molecule has 0 amide bonds. The third-order valence-corrected chi connectivity index (χ3v) is 5.46. The van der Waals surface area contributed by atoms with Gasteiger partial charge in [-0.2, -0.15) is 10.4 Å². The van der Waals surface area contributed by atoms with Gasteiger partial charge in [0, 0.05) is 25.9 Å². The third-order valence-electron chi connectivity index (χ3n) is 5.46. The van der Waals surface area contributed by atoms with Crippen molar-refractivity contribution in [2.24, 2.45) is 0 Å². The number of rotatable bonds is 5. The Balaban J connectivity index is 1.70. The van der Waals surface area contributed by atoms with Crippen LogP contribution in [0.25, 0.3) is 0 Å². The molecule has 1 aromatic heterocycles. The topological polar surface area (TPSA) is 62.0 Å². The number of aryl methyl sites for hydroxylation is 3. The Morgan fingerprint density at radius 1 is 1.11 bits per heavy atom. The van der Waals surface area contributed by atoms with Crippen molar-refractivity contribution in [1.82, 2.24) is 10.2 Å². The summed E-state index contributed by atoms with van der Waals surface area (Å²) in [7, 11) is 0. The highest BCUT2D eigenvalue weighted by molar-refractivity contribution is 5.58. The van der Waals surface area contributed by atoms with Gasteiger partial charge in [0.1, 0.15) is 23.5 Å². The molecular weight excluding hydrogens is 336 g/mol. The lowest BCUT2D eigenvalue weighted by Gasteiger charge is -2.33. The van der Waals surface area contributed by atoms with Crippen LogP contribution in [0.3, 0.4) is 0 Å². The molecule has 0 N–H and O–H groups in total. The zero-order valence-electron chi connectivity index (χ0n) is 16.7. The summed E-state index contributed by atoms with van der Waals surface area (Å²) in [5, 5.41) is 18.5. The van der Waals surface area contributed by atoms with Gasteiger partial charge in [0.15, 0.2) is 5.82 Å². The van der Waals surface area contributed by atoms with Crippen molar-refractivity contribution in [2.45, 2.75) is 59.5 Å². The fourth-order valence-corrected chi connectivity index (χ4v) is 3.67. The molecule has 3 rings (SSSR count). The smallest absolute Gasteiger partial charge is 0.169 e. The van der Waals surface area contributed by atoms with Crippen molar-refractivity contribution >= 4 is 5.82 Å². The molecule has 27 heavy (non-hydrogen) atoms. The molecule has 0 saturated carbocycles. The lowest BCUT2D eigenvalue weighted by Crippen LogP contribution is -2.39. The van der Waals surface area contributed by atoms with Gasteiger partial charge >= 0.3 is 0 Å². The van der Waals surface area contributed by atoms with E-state index in [2.05, 4.69) is 61.0 Å². The number of hydrogen-bond donors (Lipinski definition) is 0. The highest BCUT2D eigenvalue weighted by Crippen LogP contribution is 2.27. The second kappa shape index (κ2) is 8.39. The molecule has 5 heteroatoms. The van der Waals surface area contributed by atoms with Gasteiger partial charge in [-0.25, -0.2) is 0 Å². The standard InChI is InChI=1S/C22H28N4O/c1-5-19-20(14-23)22(25-24-21(19)6-2)26-11-9-17(10-12-26)27-18-8-7-15(3)16(4)13-18/h7-8,13,17H,5-6,9-12H2,1-4H3. The van der Waals surface area contributed by atoms with Gasteiger partial charge in [-0.05, 0) is 55.5 Å². The fourth-order valence-electron chi connectivity index (χ4n) is 3.67. The Hall–Kier alpha value is -2.61. The van der Waals surface area contributed by atoms with E-state index in [1.54, 1.807) is 0 Å². The Morgan fingerprint density at radius 3 is 2.44 bits per heavy atom. The van der Waals surface area contributed by atoms with Crippen LogP contribution >= 0.6 is 0 Å². The normalized spacial score (nSPS) is 14.9. The van der Waals surface area contributed by atoms with E-state index in [0.29, 0.717) is 5.56 Å². The molecule has 2 heterocycles. The van der Waals surface area contributed by atoms with Gasteiger partial charge in [-0.3, -0.25) is 0 Å². The van der Waals surface area contributed by atoms with Crippen molar-refractivity contribution in [1.29, 1.82) is 5.26 Å². The zero-order chi connectivity index (χ0) is 19.4. The molecular formula is C22H28N4O. The number of ether oxygens (including phenoxy) is 1. The number of aromatic nitrogens is 2. The number of hydrogen-bond acceptors (Lipinski definition) is 5.